The molecule has 0 spiro atoms. The lowest BCUT2D eigenvalue weighted by Crippen LogP contribution is -2.30. The van der Waals surface area contributed by atoms with Crippen LogP contribution >= 0.6 is 0 Å². The standard InChI is InChI=1S/C11H15N/c12-11-9-5-1-3-4-2-6(7(3)9)10(11)8(4)5/h3-11H,1-2,12H2/t3-,4+,5-,6+,7-,8-,9+,10+,11?/m1/s1. The molecule has 6 bridgehead atoms. The highest BCUT2D eigenvalue weighted by molar-refractivity contribution is 5.28. The summed E-state index contributed by atoms with van der Waals surface area (Å²) in [5, 5.41) is 0. The van der Waals surface area contributed by atoms with Crippen LogP contribution in [0.4, 0.5) is 0 Å². The quantitative estimate of drug-likeness (QED) is 0.565. The average molecular weight is 161 g/mol. The summed E-state index contributed by atoms with van der Waals surface area (Å²) in [6.45, 7) is 0. The monoisotopic (exact) mass is 161 g/mol. The van der Waals surface area contributed by atoms with Gasteiger partial charge in [0.15, 0.2) is 0 Å². The summed E-state index contributed by atoms with van der Waals surface area (Å²) in [7, 11) is 0. The summed E-state index contributed by atoms with van der Waals surface area (Å²) in [4.78, 5) is 0. The van der Waals surface area contributed by atoms with E-state index in [9.17, 15) is 0 Å². The van der Waals surface area contributed by atoms with Gasteiger partial charge in [-0.2, -0.15) is 0 Å². The van der Waals surface area contributed by atoms with Crippen molar-refractivity contribution >= 4 is 0 Å². The number of rotatable bonds is 0. The van der Waals surface area contributed by atoms with Crippen molar-refractivity contribution in [2.45, 2.75) is 18.9 Å². The van der Waals surface area contributed by atoms with Gasteiger partial charge in [0.25, 0.3) is 0 Å². The van der Waals surface area contributed by atoms with Crippen LogP contribution in [-0.4, -0.2) is 6.04 Å². The normalized spacial score (nSPS) is 85.2. The van der Waals surface area contributed by atoms with Crippen LogP contribution < -0.4 is 5.73 Å². The summed E-state index contributed by atoms with van der Waals surface area (Å²) >= 11 is 0. The molecule has 6 saturated carbocycles. The third kappa shape index (κ3) is 0.296. The maximum absolute atomic E-state index is 6.34. The molecule has 6 fully saturated rings. The fraction of sp³-hybridized carbons (Fsp3) is 1.00. The van der Waals surface area contributed by atoms with E-state index >= 15 is 0 Å². The van der Waals surface area contributed by atoms with Gasteiger partial charge in [0.05, 0.1) is 0 Å². The topological polar surface area (TPSA) is 26.0 Å². The van der Waals surface area contributed by atoms with Gasteiger partial charge in [-0.15, -0.1) is 0 Å². The van der Waals surface area contributed by atoms with Crippen LogP contribution in [0.2, 0.25) is 0 Å². The minimum absolute atomic E-state index is 0.646. The van der Waals surface area contributed by atoms with E-state index in [0.29, 0.717) is 6.04 Å². The zero-order valence-corrected chi connectivity index (χ0v) is 7.19. The number of nitrogens with two attached hydrogens (primary N) is 1. The van der Waals surface area contributed by atoms with Crippen molar-refractivity contribution in [2.75, 3.05) is 0 Å². The molecule has 1 unspecified atom stereocenters. The van der Waals surface area contributed by atoms with Crippen LogP contribution in [0.1, 0.15) is 12.8 Å². The Morgan fingerprint density at radius 1 is 0.667 bits per heavy atom. The molecule has 0 amide bonds. The van der Waals surface area contributed by atoms with Gasteiger partial charge < -0.3 is 5.73 Å². The smallest absolute Gasteiger partial charge is 0.0107 e. The Hall–Kier alpha value is -0.0400. The molecule has 0 heterocycles. The fourth-order valence-corrected chi connectivity index (χ4v) is 6.69. The minimum atomic E-state index is 0.646. The fourth-order valence-electron chi connectivity index (χ4n) is 6.69. The first-order valence-corrected chi connectivity index (χ1v) is 5.63. The van der Waals surface area contributed by atoms with E-state index in [2.05, 4.69) is 0 Å². The Morgan fingerprint density at radius 3 is 1.67 bits per heavy atom. The maximum Gasteiger partial charge on any atom is 0.0107 e. The minimum Gasteiger partial charge on any atom is -0.327 e. The van der Waals surface area contributed by atoms with Gasteiger partial charge in [-0.3, -0.25) is 0 Å². The SMILES string of the molecule is NC1[C@H]2[C@@H]3C[C@@H]4[C@@H]5C[C@H]([C@H]1[C@H]53)[C@@H]42. The van der Waals surface area contributed by atoms with Gasteiger partial charge >= 0.3 is 0 Å². The molecular formula is C11H15N. The molecule has 0 aromatic carbocycles. The summed E-state index contributed by atoms with van der Waals surface area (Å²) in [5.74, 6) is 8.84. The number of hydrogen-bond acceptors (Lipinski definition) is 1. The highest BCUT2D eigenvalue weighted by Gasteiger charge is 2.79. The van der Waals surface area contributed by atoms with Gasteiger partial charge in [0.2, 0.25) is 0 Å². The first-order chi connectivity index (χ1) is 5.88. The predicted octanol–water partition coefficient (Wildman–Crippen LogP) is 1.09. The largest absolute Gasteiger partial charge is 0.327 e. The third-order valence-electron chi connectivity index (χ3n) is 6.38. The van der Waals surface area contributed by atoms with Crippen molar-refractivity contribution in [2.24, 2.45) is 53.1 Å². The molecule has 0 aliphatic heterocycles. The Morgan fingerprint density at radius 2 is 1.17 bits per heavy atom. The van der Waals surface area contributed by atoms with Crippen molar-refractivity contribution in [3.8, 4) is 0 Å². The molecule has 6 aliphatic rings. The summed E-state index contributed by atoms with van der Waals surface area (Å²) < 4.78 is 0. The highest BCUT2D eigenvalue weighted by Crippen LogP contribution is 2.82. The van der Waals surface area contributed by atoms with Gasteiger partial charge in [0.1, 0.15) is 0 Å². The summed E-state index contributed by atoms with van der Waals surface area (Å²) in [6.07, 6.45) is 3.18. The van der Waals surface area contributed by atoms with Crippen LogP contribution in [0.3, 0.4) is 0 Å². The Balaban J connectivity index is 1.89. The lowest BCUT2D eigenvalue weighted by atomic mass is 9.71. The molecule has 0 aromatic heterocycles. The molecule has 6 rings (SSSR count). The van der Waals surface area contributed by atoms with E-state index in [1.165, 1.54) is 11.8 Å². The van der Waals surface area contributed by atoms with E-state index < -0.39 is 0 Å². The molecule has 0 saturated heterocycles. The van der Waals surface area contributed by atoms with Gasteiger partial charge in [-0.05, 0) is 60.2 Å². The second-order valence-corrected chi connectivity index (χ2v) is 6.01. The van der Waals surface area contributed by atoms with Crippen molar-refractivity contribution in [3.63, 3.8) is 0 Å². The van der Waals surface area contributed by atoms with E-state index in [1.807, 2.05) is 0 Å². The second kappa shape index (κ2) is 1.30. The van der Waals surface area contributed by atoms with Crippen molar-refractivity contribution in [1.29, 1.82) is 0 Å². The van der Waals surface area contributed by atoms with Crippen molar-refractivity contribution in [3.05, 3.63) is 0 Å². The first kappa shape index (κ1) is 5.64. The van der Waals surface area contributed by atoms with Gasteiger partial charge in [-0.25, -0.2) is 0 Å². The molecule has 12 heavy (non-hydrogen) atoms. The molecule has 2 N–H and O–H groups in total. The molecular weight excluding hydrogens is 146 g/mol. The van der Waals surface area contributed by atoms with E-state index in [4.69, 9.17) is 5.73 Å². The van der Waals surface area contributed by atoms with Gasteiger partial charge in [-0.1, -0.05) is 0 Å². The van der Waals surface area contributed by atoms with Crippen molar-refractivity contribution in [1.82, 2.24) is 0 Å². The highest BCUT2D eigenvalue weighted by atomic mass is 14.9. The molecule has 64 valence electrons. The van der Waals surface area contributed by atoms with Crippen LogP contribution in [0.5, 0.6) is 0 Å². The maximum atomic E-state index is 6.34. The first-order valence-electron chi connectivity index (χ1n) is 5.63. The third-order valence-corrected chi connectivity index (χ3v) is 6.38. The second-order valence-electron chi connectivity index (χ2n) is 6.01. The number of hydrogen-bond donors (Lipinski definition) is 1. The van der Waals surface area contributed by atoms with Gasteiger partial charge in [0, 0.05) is 6.04 Å². The molecule has 6 aliphatic carbocycles. The molecule has 0 aromatic rings. The summed E-state index contributed by atoms with van der Waals surface area (Å²) in [6, 6.07) is 0.646. The Bertz CT molecular complexity index is 251. The zero-order chi connectivity index (χ0) is 7.61. The van der Waals surface area contributed by atoms with Crippen LogP contribution in [0.25, 0.3) is 0 Å². The zero-order valence-electron chi connectivity index (χ0n) is 7.19. The average Bonchev–Trinajstić information content (AvgIpc) is 2.68. The molecule has 0 radical (unpaired) electrons. The van der Waals surface area contributed by atoms with E-state index in [-0.39, 0.29) is 0 Å². The van der Waals surface area contributed by atoms with E-state index in [1.54, 1.807) is 12.8 Å². The van der Waals surface area contributed by atoms with E-state index in [0.717, 1.165) is 35.5 Å². The van der Waals surface area contributed by atoms with Crippen LogP contribution in [-0.2, 0) is 0 Å². The van der Waals surface area contributed by atoms with Crippen LogP contribution in [0, 0.1) is 47.3 Å². The summed E-state index contributed by atoms with van der Waals surface area (Å²) in [5.41, 5.74) is 6.34. The Labute approximate surface area is 72.7 Å². The molecule has 1 nitrogen and oxygen atoms in total. The van der Waals surface area contributed by atoms with Crippen LogP contribution in [0.15, 0.2) is 0 Å². The lowest BCUT2D eigenvalue weighted by molar-refractivity contribution is 0.132. The Kier molecular flexibility index (Phi) is 0.609. The predicted molar refractivity (Wildman–Crippen MR) is 45.1 cm³/mol. The molecule has 9 atom stereocenters. The lowest BCUT2D eigenvalue weighted by Gasteiger charge is -2.33. The molecule has 1 heteroatoms. The van der Waals surface area contributed by atoms with Crippen molar-refractivity contribution < 1.29 is 0 Å².